The SMILES string of the molecule is COc1cccc(C(C)Nc2cc(C)ccc2F)c1. The summed E-state index contributed by atoms with van der Waals surface area (Å²) in [6.45, 7) is 3.94. The topological polar surface area (TPSA) is 21.3 Å². The van der Waals surface area contributed by atoms with Crippen molar-refractivity contribution in [1.82, 2.24) is 0 Å². The van der Waals surface area contributed by atoms with Gasteiger partial charge in [0.15, 0.2) is 0 Å². The zero-order chi connectivity index (χ0) is 13.8. The molecule has 0 heterocycles. The number of benzene rings is 2. The van der Waals surface area contributed by atoms with Gasteiger partial charge in [0, 0.05) is 6.04 Å². The first-order valence-electron chi connectivity index (χ1n) is 6.27. The standard InChI is InChI=1S/C16H18FNO/c1-11-7-8-15(17)16(9-11)18-12(2)13-5-4-6-14(10-13)19-3/h4-10,12,18H,1-3H3. The molecule has 0 radical (unpaired) electrons. The lowest BCUT2D eigenvalue weighted by Crippen LogP contribution is -2.08. The highest BCUT2D eigenvalue weighted by Gasteiger charge is 2.09. The Morgan fingerprint density at radius 2 is 1.95 bits per heavy atom. The number of rotatable bonds is 4. The van der Waals surface area contributed by atoms with Gasteiger partial charge in [0.05, 0.1) is 12.8 Å². The largest absolute Gasteiger partial charge is 0.497 e. The molecule has 0 aliphatic heterocycles. The van der Waals surface area contributed by atoms with E-state index in [0.717, 1.165) is 16.9 Å². The Labute approximate surface area is 113 Å². The van der Waals surface area contributed by atoms with E-state index in [0.29, 0.717) is 5.69 Å². The van der Waals surface area contributed by atoms with Gasteiger partial charge < -0.3 is 10.1 Å². The maximum absolute atomic E-state index is 13.7. The van der Waals surface area contributed by atoms with E-state index < -0.39 is 0 Å². The third kappa shape index (κ3) is 3.25. The van der Waals surface area contributed by atoms with Crippen molar-refractivity contribution in [2.75, 3.05) is 12.4 Å². The van der Waals surface area contributed by atoms with Crippen molar-refractivity contribution in [2.45, 2.75) is 19.9 Å². The molecule has 0 aliphatic rings. The molecule has 1 unspecified atom stereocenters. The van der Waals surface area contributed by atoms with Gasteiger partial charge in [-0.3, -0.25) is 0 Å². The van der Waals surface area contributed by atoms with Gasteiger partial charge in [-0.15, -0.1) is 0 Å². The van der Waals surface area contributed by atoms with Crippen LogP contribution in [-0.2, 0) is 0 Å². The van der Waals surface area contributed by atoms with Crippen LogP contribution in [0.3, 0.4) is 0 Å². The summed E-state index contributed by atoms with van der Waals surface area (Å²) in [5.74, 6) is 0.566. The molecule has 0 spiro atoms. The van der Waals surface area contributed by atoms with Crippen LogP contribution in [0, 0.1) is 12.7 Å². The van der Waals surface area contributed by atoms with E-state index >= 15 is 0 Å². The first-order valence-corrected chi connectivity index (χ1v) is 6.27. The summed E-state index contributed by atoms with van der Waals surface area (Å²) in [6.07, 6.45) is 0. The quantitative estimate of drug-likeness (QED) is 0.883. The molecule has 3 heteroatoms. The van der Waals surface area contributed by atoms with Crippen LogP contribution in [0.4, 0.5) is 10.1 Å². The summed E-state index contributed by atoms with van der Waals surface area (Å²) in [6, 6.07) is 12.8. The van der Waals surface area contributed by atoms with E-state index in [9.17, 15) is 4.39 Å². The van der Waals surface area contributed by atoms with Crippen molar-refractivity contribution in [1.29, 1.82) is 0 Å². The van der Waals surface area contributed by atoms with Gasteiger partial charge in [-0.05, 0) is 49.2 Å². The van der Waals surface area contributed by atoms with Crippen LogP contribution >= 0.6 is 0 Å². The molecule has 2 aromatic rings. The number of halogens is 1. The maximum atomic E-state index is 13.7. The van der Waals surface area contributed by atoms with Crippen molar-refractivity contribution in [2.24, 2.45) is 0 Å². The minimum Gasteiger partial charge on any atom is -0.497 e. The molecule has 0 amide bonds. The van der Waals surface area contributed by atoms with Crippen LogP contribution in [0.2, 0.25) is 0 Å². The van der Waals surface area contributed by atoms with Crippen LogP contribution in [0.15, 0.2) is 42.5 Å². The number of nitrogens with one attached hydrogen (secondary N) is 1. The fraction of sp³-hybridized carbons (Fsp3) is 0.250. The average Bonchev–Trinajstić information content (AvgIpc) is 2.43. The first-order chi connectivity index (χ1) is 9.10. The molecule has 0 aromatic heterocycles. The van der Waals surface area contributed by atoms with Crippen molar-refractivity contribution in [3.63, 3.8) is 0 Å². The fourth-order valence-electron chi connectivity index (χ4n) is 1.98. The summed E-state index contributed by atoms with van der Waals surface area (Å²) in [4.78, 5) is 0. The van der Waals surface area contributed by atoms with Gasteiger partial charge in [-0.2, -0.15) is 0 Å². The molecular weight excluding hydrogens is 241 g/mol. The molecule has 2 aromatic carbocycles. The van der Waals surface area contributed by atoms with Gasteiger partial charge in [-0.1, -0.05) is 18.2 Å². The van der Waals surface area contributed by atoms with Gasteiger partial charge in [0.1, 0.15) is 11.6 Å². The Bertz CT molecular complexity index is 568. The van der Waals surface area contributed by atoms with E-state index in [1.54, 1.807) is 13.2 Å². The average molecular weight is 259 g/mol. The summed E-state index contributed by atoms with van der Waals surface area (Å²) in [7, 11) is 1.64. The lowest BCUT2D eigenvalue weighted by molar-refractivity contribution is 0.414. The second-order valence-corrected chi connectivity index (χ2v) is 4.63. The normalized spacial score (nSPS) is 12.0. The molecule has 0 bridgehead atoms. The highest BCUT2D eigenvalue weighted by molar-refractivity contribution is 5.49. The highest BCUT2D eigenvalue weighted by Crippen LogP contribution is 2.24. The number of hydrogen-bond donors (Lipinski definition) is 1. The van der Waals surface area contributed by atoms with Crippen molar-refractivity contribution in [3.8, 4) is 5.75 Å². The third-order valence-corrected chi connectivity index (χ3v) is 3.09. The Kier molecular flexibility index (Phi) is 4.05. The van der Waals surface area contributed by atoms with E-state index in [-0.39, 0.29) is 11.9 Å². The maximum Gasteiger partial charge on any atom is 0.146 e. The molecule has 2 rings (SSSR count). The second-order valence-electron chi connectivity index (χ2n) is 4.63. The predicted molar refractivity (Wildman–Crippen MR) is 76.2 cm³/mol. The van der Waals surface area contributed by atoms with Crippen molar-refractivity contribution < 1.29 is 9.13 Å². The molecule has 0 saturated heterocycles. The van der Waals surface area contributed by atoms with Crippen LogP contribution in [0.5, 0.6) is 5.75 Å². The highest BCUT2D eigenvalue weighted by atomic mass is 19.1. The van der Waals surface area contributed by atoms with E-state index in [4.69, 9.17) is 4.74 Å². The zero-order valence-corrected chi connectivity index (χ0v) is 11.4. The lowest BCUT2D eigenvalue weighted by atomic mass is 10.1. The van der Waals surface area contributed by atoms with Gasteiger partial charge in [0.25, 0.3) is 0 Å². The monoisotopic (exact) mass is 259 g/mol. The second kappa shape index (κ2) is 5.74. The van der Waals surface area contributed by atoms with Crippen LogP contribution in [-0.4, -0.2) is 7.11 Å². The lowest BCUT2D eigenvalue weighted by Gasteiger charge is -2.17. The summed E-state index contributed by atoms with van der Waals surface area (Å²) in [5.41, 5.74) is 2.61. The summed E-state index contributed by atoms with van der Waals surface area (Å²) >= 11 is 0. The molecule has 0 saturated carbocycles. The Balaban J connectivity index is 2.20. The molecule has 1 N–H and O–H groups in total. The summed E-state index contributed by atoms with van der Waals surface area (Å²) < 4.78 is 18.9. The Morgan fingerprint density at radius 3 is 2.68 bits per heavy atom. The molecule has 100 valence electrons. The zero-order valence-electron chi connectivity index (χ0n) is 11.4. The Morgan fingerprint density at radius 1 is 1.16 bits per heavy atom. The number of methoxy groups -OCH3 is 1. The molecular formula is C16H18FNO. The fourth-order valence-corrected chi connectivity index (χ4v) is 1.98. The van der Waals surface area contributed by atoms with E-state index in [1.165, 1.54) is 6.07 Å². The summed E-state index contributed by atoms with van der Waals surface area (Å²) in [5, 5.41) is 3.19. The Hall–Kier alpha value is -2.03. The van der Waals surface area contributed by atoms with Crippen LogP contribution < -0.4 is 10.1 Å². The molecule has 2 nitrogen and oxygen atoms in total. The van der Waals surface area contributed by atoms with Crippen molar-refractivity contribution >= 4 is 5.69 Å². The number of ether oxygens (including phenoxy) is 1. The molecule has 0 aliphatic carbocycles. The number of aryl methyl sites for hydroxylation is 1. The smallest absolute Gasteiger partial charge is 0.146 e. The first kappa shape index (κ1) is 13.4. The predicted octanol–water partition coefficient (Wildman–Crippen LogP) is 4.32. The third-order valence-electron chi connectivity index (χ3n) is 3.09. The van der Waals surface area contributed by atoms with Crippen LogP contribution in [0.25, 0.3) is 0 Å². The van der Waals surface area contributed by atoms with E-state index in [1.807, 2.05) is 44.2 Å². The minimum absolute atomic E-state index is 0.00593. The molecule has 1 atom stereocenters. The van der Waals surface area contributed by atoms with Gasteiger partial charge >= 0.3 is 0 Å². The minimum atomic E-state index is -0.236. The van der Waals surface area contributed by atoms with E-state index in [2.05, 4.69) is 5.32 Å². The van der Waals surface area contributed by atoms with Gasteiger partial charge in [-0.25, -0.2) is 4.39 Å². The van der Waals surface area contributed by atoms with Gasteiger partial charge in [0.2, 0.25) is 0 Å². The van der Waals surface area contributed by atoms with Crippen molar-refractivity contribution in [3.05, 3.63) is 59.4 Å². The molecule has 19 heavy (non-hydrogen) atoms. The number of anilines is 1. The van der Waals surface area contributed by atoms with Crippen LogP contribution in [0.1, 0.15) is 24.1 Å². The number of hydrogen-bond acceptors (Lipinski definition) is 2. The molecule has 0 fully saturated rings.